The van der Waals surface area contributed by atoms with Gasteiger partial charge in [0.2, 0.25) is 0 Å². The summed E-state index contributed by atoms with van der Waals surface area (Å²) in [5.74, 6) is 0.396. The van der Waals surface area contributed by atoms with E-state index < -0.39 is 11.7 Å². The van der Waals surface area contributed by atoms with Crippen molar-refractivity contribution < 1.29 is 9.53 Å². The number of carbonyl (C=O) groups excluding carboxylic acids is 1. The number of ether oxygens (including phenoxy) is 1. The summed E-state index contributed by atoms with van der Waals surface area (Å²) >= 11 is 0. The quantitative estimate of drug-likeness (QED) is 0.857. The Morgan fingerprint density at radius 1 is 1.52 bits per heavy atom. The highest BCUT2D eigenvalue weighted by Crippen LogP contribution is 2.15. The molecule has 0 radical (unpaired) electrons. The zero-order valence-corrected chi connectivity index (χ0v) is 12.7. The van der Waals surface area contributed by atoms with Crippen LogP contribution in [0.2, 0.25) is 0 Å². The van der Waals surface area contributed by atoms with E-state index in [1.807, 2.05) is 25.7 Å². The Balaban J connectivity index is 1.97. The normalized spacial score (nSPS) is 19.2. The first-order valence-corrected chi connectivity index (χ1v) is 7.13. The number of aromatic amines is 1. The van der Waals surface area contributed by atoms with Crippen LogP contribution in [0.5, 0.6) is 0 Å². The monoisotopic (exact) mass is 294 g/mol. The summed E-state index contributed by atoms with van der Waals surface area (Å²) in [5, 5.41) is 2.85. The van der Waals surface area contributed by atoms with Crippen LogP contribution in [-0.2, 0) is 4.74 Å². The number of nitrogens with zero attached hydrogens (tertiary/aromatic N) is 2. The van der Waals surface area contributed by atoms with Crippen molar-refractivity contribution in [2.45, 2.75) is 45.3 Å². The van der Waals surface area contributed by atoms with E-state index >= 15 is 0 Å². The Morgan fingerprint density at radius 2 is 2.29 bits per heavy atom. The highest BCUT2D eigenvalue weighted by atomic mass is 16.6. The van der Waals surface area contributed by atoms with Crippen molar-refractivity contribution in [3.63, 3.8) is 0 Å². The summed E-state index contributed by atoms with van der Waals surface area (Å²) in [6.07, 6.45) is 4.38. The molecule has 0 unspecified atom stereocenters. The van der Waals surface area contributed by atoms with Gasteiger partial charge in [-0.1, -0.05) is 0 Å². The maximum atomic E-state index is 11.8. The standard InChI is InChI=1S/C14H22N4O3/c1-14(2,3)21-13(20)17-10-5-4-8-18(9-10)11-12(19)16-7-6-15-11/h6-7,10H,4-5,8-9H2,1-3H3,(H,16,19)(H,17,20)/t10-/m0/s1. The Morgan fingerprint density at radius 3 is 2.95 bits per heavy atom. The fourth-order valence-corrected chi connectivity index (χ4v) is 2.33. The van der Waals surface area contributed by atoms with Gasteiger partial charge >= 0.3 is 6.09 Å². The Hall–Kier alpha value is -2.05. The van der Waals surface area contributed by atoms with E-state index in [0.29, 0.717) is 12.4 Å². The van der Waals surface area contributed by atoms with E-state index in [2.05, 4.69) is 15.3 Å². The van der Waals surface area contributed by atoms with Gasteiger partial charge in [-0.25, -0.2) is 9.78 Å². The summed E-state index contributed by atoms with van der Waals surface area (Å²) in [6.45, 7) is 6.79. The third kappa shape index (κ3) is 4.47. The lowest BCUT2D eigenvalue weighted by Crippen LogP contribution is -2.50. The number of alkyl carbamates (subject to hydrolysis) is 1. The lowest BCUT2D eigenvalue weighted by atomic mass is 10.1. The van der Waals surface area contributed by atoms with E-state index in [9.17, 15) is 9.59 Å². The van der Waals surface area contributed by atoms with Crippen molar-refractivity contribution in [2.75, 3.05) is 18.0 Å². The zero-order chi connectivity index (χ0) is 15.5. The van der Waals surface area contributed by atoms with E-state index in [-0.39, 0.29) is 11.6 Å². The Labute approximate surface area is 123 Å². The van der Waals surface area contributed by atoms with Crippen molar-refractivity contribution in [3.05, 3.63) is 22.7 Å². The van der Waals surface area contributed by atoms with Crippen LogP contribution in [0.4, 0.5) is 10.6 Å². The number of amides is 1. The molecule has 7 heteroatoms. The molecule has 1 aliphatic heterocycles. The topological polar surface area (TPSA) is 87.3 Å². The van der Waals surface area contributed by atoms with Crippen LogP contribution in [-0.4, -0.2) is 40.8 Å². The number of H-pyrrole nitrogens is 1. The van der Waals surface area contributed by atoms with Crippen LogP contribution in [0.25, 0.3) is 0 Å². The molecule has 1 atom stereocenters. The molecule has 1 fully saturated rings. The minimum atomic E-state index is -0.517. The minimum Gasteiger partial charge on any atom is -0.444 e. The smallest absolute Gasteiger partial charge is 0.407 e. The molecule has 7 nitrogen and oxygen atoms in total. The predicted octanol–water partition coefficient (Wildman–Crippen LogP) is 1.26. The number of nitrogens with one attached hydrogen (secondary N) is 2. The average Bonchev–Trinajstić information content (AvgIpc) is 2.37. The van der Waals surface area contributed by atoms with Crippen molar-refractivity contribution in [1.29, 1.82) is 0 Å². The van der Waals surface area contributed by atoms with Gasteiger partial charge in [-0.3, -0.25) is 4.79 Å². The summed E-state index contributed by atoms with van der Waals surface area (Å²) in [5.41, 5.74) is -0.730. The molecule has 0 saturated carbocycles. The van der Waals surface area contributed by atoms with Crippen molar-refractivity contribution >= 4 is 11.9 Å². The molecule has 2 rings (SSSR count). The van der Waals surface area contributed by atoms with Crippen LogP contribution in [0, 0.1) is 0 Å². The second-order valence-corrected chi connectivity index (χ2v) is 6.17. The first kappa shape index (κ1) is 15.3. The highest BCUT2D eigenvalue weighted by Gasteiger charge is 2.25. The highest BCUT2D eigenvalue weighted by molar-refractivity contribution is 5.68. The van der Waals surface area contributed by atoms with Gasteiger partial charge in [0.05, 0.1) is 0 Å². The lowest BCUT2D eigenvalue weighted by molar-refractivity contribution is 0.0500. The number of hydrogen-bond donors (Lipinski definition) is 2. The number of rotatable bonds is 2. The molecule has 2 N–H and O–H groups in total. The van der Waals surface area contributed by atoms with Gasteiger partial charge in [0.15, 0.2) is 5.82 Å². The molecule has 1 aromatic heterocycles. The maximum absolute atomic E-state index is 11.8. The van der Waals surface area contributed by atoms with Gasteiger partial charge < -0.3 is 19.9 Å². The van der Waals surface area contributed by atoms with Gasteiger partial charge in [-0.2, -0.15) is 0 Å². The van der Waals surface area contributed by atoms with Gasteiger partial charge in [0, 0.05) is 31.5 Å². The Bertz CT molecular complexity index is 550. The molecule has 1 amide bonds. The molecule has 2 heterocycles. The second-order valence-electron chi connectivity index (χ2n) is 6.17. The summed E-state index contributed by atoms with van der Waals surface area (Å²) in [6, 6.07) is -0.0463. The molecular formula is C14H22N4O3. The van der Waals surface area contributed by atoms with E-state index in [1.165, 1.54) is 6.20 Å². The predicted molar refractivity (Wildman–Crippen MR) is 79.5 cm³/mol. The molecule has 1 aromatic rings. The molecule has 21 heavy (non-hydrogen) atoms. The molecule has 1 aliphatic rings. The number of anilines is 1. The fraction of sp³-hybridized carbons (Fsp3) is 0.643. The molecule has 0 aliphatic carbocycles. The number of aromatic nitrogens is 2. The molecule has 116 valence electrons. The van der Waals surface area contributed by atoms with Gasteiger partial charge in [-0.05, 0) is 33.6 Å². The van der Waals surface area contributed by atoms with Gasteiger partial charge in [-0.15, -0.1) is 0 Å². The lowest BCUT2D eigenvalue weighted by Gasteiger charge is -2.33. The largest absolute Gasteiger partial charge is 0.444 e. The summed E-state index contributed by atoms with van der Waals surface area (Å²) in [4.78, 5) is 32.2. The number of hydrogen-bond acceptors (Lipinski definition) is 5. The van der Waals surface area contributed by atoms with Crippen molar-refractivity contribution in [1.82, 2.24) is 15.3 Å². The minimum absolute atomic E-state index is 0.0463. The Kier molecular flexibility index (Phi) is 4.50. The zero-order valence-electron chi connectivity index (χ0n) is 12.7. The van der Waals surface area contributed by atoms with Gasteiger partial charge in [0.25, 0.3) is 5.56 Å². The maximum Gasteiger partial charge on any atom is 0.407 e. The van der Waals surface area contributed by atoms with Gasteiger partial charge in [0.1, 0.15) is 5.60 Å². The summed E-state index contributed by atoms with van der Waals surface area (Å²) < 4.78 is 5.25. The molecule has 0 bridgehead atoms. The third-order valence-corrected chi connectivity index (χ3v) is 3.13. The SMILES string of the molecule is CC(C)(C)OC(=O)N[C@H]1CCCN(c2ncc[nH]c2=O)C1. The van der Waals surface area contributed by atoms with Crippen LogP contribution in [0.15, 0.2) is 17.2 Å². The van der Waals surface area contributed by atoms with E-state index in [4.69, 9.17) is 4.74 Å². The van der Waals surface area contributed by atoms with Crippen molar-refractivity contribution in [2.24, 2.45) is 0 Å². The number of piperidine rings is 1. The van der Waals surface area contributed by atoms with Crippen LogP contribution >= 0.6 is 0 Å². The van der Waals surface area contributed by atoms with E-state index in [0.717, 1.165) is 19.4 Å². The van der Waals surface area contributed by atoms with Crippen molar-refractivity contribution in [3.8, 4) is 0 Å². The number of carbonyl (C=O) groups is 1. The molecule has 0 aromatic carbocycles. The average molecular weight is 294 g/mol. The fourth-order valence-electron chi connectivity index (χ4n) is 2.33. The van der Waals surface area contributed by atoms with Crippen LogP contribution in [0.1, 0.15) is 33.6 Å². The summed E-state index contributed by atoms with van der Waals surface area (Å²) in [7, 11) is 0. The van der Waals surface area contributed by atoms with Crippen LogP contribution < -0.4 is 15.8 Å². The van der Waals surface area contributed by atoms with Crippen LogP contribution in [0.3, 0.4) is 0 Å². The molecular weight excluding hydrogens is 272 g/mol. The van der Waals surface area contributed by atoms with E-state index in [1.54, 1.807) is 6.20 Å². The first-order chi connectivity index (χ1) is 9.85. The second kappa shape index (κ2) is 6.15. The molecule has 1 saturated heterocycles. The third-order valence-electron chi connectivity index (χ3n) is 3.13. The first-order valence-electron chi connectivity index (χ1n) is 7.13. The molecule has 0 spiro atoms.